The SMILES string of the molecule is CCCNC(C)C1(CCc2nccn2C)CC1. The van der Waals surface area contributed by atoms with Crippen molar-refractivity contribution < 1.29 is 0 Å². The molecule has 0 aromatic carbocycles. The second-order valence-electron chi connectivity index (χ2n) is 5.49. The average molecular weight is 235 g/mol. The van der Waals surface area contributed by atoms with Crippen LogP contribution < -0.4 is 5.32 Å². The molecule has 0 saturated heterocycles. The molecule has 0 bridgehead atoms. The highest BCUT2D eigenvalue weighted by Crippen LogP contribution is 2.52. The standard InChI is InChI=1S/C14H25N3/c1-4-9-15-12(2)14(7-8-14)6-5-13-16-10-11-17(13)3/h10-12,15H,4-9H2,1-3H3. The van der Waals surface area contributed by atoms with Crippen LogP contribution in [0, 0.1) is 5.41 Å². The molecule has 1 atom stereocenters. The summed E-state index contributed by atoms with van der Waals surface area (Å²) in [6, 6.07) is 0.655. The minimum Gasteiger partial charge on any atom is -0.338 e. The zero-order valence-electron chi connectivity index (χ0n) is 11.4. The lowest BCUT2D eigenvalue weighted by Crippen LogP contribution is -2.35. The maximum absolute atomic E-state index is 4.41. The Morgan fingerprint density at radius 2 is 2.29 bits per heavy atom. The maximum Gasteiger partial charge on any atom is 0.108 e. The summed E-state index contributed by atoms with van der Waals surface area (Å²) in [6.45, 7) is 5.72. The first-order valence-corrected chi connectivity index (χ1v) is 6.87. The van der Waals surface area contributed by atoms with E-state index in [4.69, 9.17) is 0 Å². The molecule has 0 radical (unpaired) electrons. The molecule has 96 valence electrons. The van der Waals surface area contributed by atoms with E-state index in [1.807, 2.05) is 12.4 Å². The number of aromatic nitrogens is 2. The van der Waals surface area contributed by atoms with Crippen LogP contribution in [-0.4, -0.2) is 22.1 Å². The lowest BCUT2D eigenvalue weighted by atomic mass is 9.92. The zero-order chi connectivity index (χ0) is 12.3. The van der Waals surface area contributed by atoms with Crippen molar-refractivity contribution in [2.75, 3.05) is 6.54 Å². The summed E-state index contributed by atoms with van der Waals surface area (Å²) in [5.41, 5.74) is 0.557. The van der Waals surface area contributed by atoms with Gasteiger partial charge in [0.25, 0.3) is 0 Å². The molecule has 1 N–H and O–H groups in total. The molecule has 1 unspecified atom stereocenters. The number of nitrogens with one attached hydrogen (secondary N) is 1. The van der Waals surface area contributed by atoms with E-state index in [0.717, 1.165) is 13.0 Å². The van der Waals surface area contributed by atoms with Gasteiger partial charge in [-0.05, 0) is 44.6 Å². The number of hydrogen-bond acceptors (Lipinski definition) is 2. The number of imidazole rings is 1. The highest BCUT2D eigenvalue weighted by molar-refractivity contribution is 5.03. The van der Waals surface area contributed by atoms with Crippen molar-refractivity contribution >= 4 is 0 Å². The third kappa shape index (κ3) is 2.89. The average Bonchev–Trinajstić information content (AvgIpc) is 3.02. The fourth-order valence-corrected chi connectivity index (χ4v) is 2.64. The Morgan fingerprint density at radius 1 is 1.53 bits per heavy atom. The molecule has 1 aromatic heterocycles. The molecule has 1 aromatic rings. The monoisotopic (exact) mass is 235 g/mol. The Bertz CT molecular complexity index is 352. The van der Waals surface area contributed by atoms with E-state index in [0.29, 0.717) is 11.5 Å². The number of rotatable bonds is 7. The summed E-state index contributed by atoms with van der Waals surface area (Å²) in [4.78, 5) is 4.41. The molecule has 0 amide bonds. The third-order valence-corrected chi connectivity index (χ3v) is 4.28. The fraction of sp³-hybridized carbons (Fsp3) is 0.786. The lowest BCUT2D eigenvalue weighted by molar-refractivity contribution is 0.328. The van der Waals surface area contributed by atoms with Crippen molar-refractivity contribution in [2.24, 2.45) is 12.5 Å². The van der Waals surface area contributed by atoms with Crippen molar-refractivity contribution in [2.45, 2.75) is 52.0 Å². The Balaban J connectivity index is 1.84. The van der Waals surface area contributed by atoms with Crippen LogP contribution in [0.15, 0.2) is 12.4 Å². The van der Waals surface area contributed by atoms with Crippen molar-refractivity contribution in [3.8, 4) is 0 Å². The van der Waals surface area contributed by atoms with E-state index in [1.54, 1.807) is 0 Å². The predicted molar refractivity (Wildman–Crippen MR) is 71.0 cm³/mol. The Labute approximate surface area is 105 Å². The Hall–Kier alpha value is -0.830. The summed E-state index contributed by atoms with van der Waals surface area (Å²) in [6.07, 6.45) is 10.3. The van der Waals surface area contributed by atoms with Crippen LogP contribution in [0.25, 0.3) is 0 Å². The van der Waals surface area contributed by atoms with Crippen molar-refractivity contribution in [1.29, 1.82) is 0 Å². The molecule has 0 aliphatic heterocycles. The first-order chi connectivity index (χ1) is 8.18. The molecule has 1 saturated carbocycles. The van der Waals surface area contributed by atoms with Gasteiger partial charge in [0.1, 0.15) is 5.82 Å². The number of nitrogens with zero attached hydrogens (tertiary/aromatic N) is 2. The minimum absolute atomic E-state index is 0.557. The highest BCUT2D eigenvalue weighted by Gasteiger charge is 2.46. The molecular formula is C14H25N3. The molecule has 1 aliphatic rings. The molecule has 3 nitrogen and oxygen atoms in total. The summed E-state index contributed by atoms with van der Waals surface area (Å²) >= 11 is 0. The van der Waals surface area contributed by atoms with Gasteiger partial charge in [-0.1, -0.05) is 6.92 Å². The molecule has 3 heteroatoms. The van der Waals surface area contributed by atoms with E-state index in [2.05, 4.69) is 35.8 Å². The van der Waals surface area contributed by atoms with Gasteiger partial charge < -0.3 is 9.88 Å². The number of hydrogen-bond donors (Lipinski definition) is 1. The van der Waals surface area contributed by atoms with Gasteiger partial charge in [0, 0.05) is 31.9 Å². The van der Waals surface area contributed by atoms with Crippen LogP contribution in [0.4, 0.5) is 0 Å². The molecule has 0 spiro atoms. The largest absolute Gasteiger partial charge is 0.338 e. The summed E-state index contributed by atoms with van der Waals surface area (Å²) in [7, 11) is 2.08. The lowest BCUT2D eigenvalue weighted by Gasteiger charge is -2.24. The van der Waals surface area contributed by atoms with Gasteiger partial charge in [0.15, 0.2) is 0 Å². The van der Waals surface area contributed by atoms with Crippen molar-refractivity contribution in [3.63, 3.8) is 0 Å². The Kier molecular flexibility index (Phi) is 3.87. The predicted octanol–water partition coefficient (Wildman–Crippen LogP) is 2.52. The molecule has 1 heterocycles. The summed E-state index contributed by atoms with van der Waals surface area (Å²) < 4.78 is 2.14. The van der Waals surface area contributed by atoms with Crippen LogP contribution in [0.2, 0.25) is 0 Å². The van der Waals surface area contributed by atoms with Gasteiger partial charge in [-0.2, -0.15) is 0 Å². The summed E-state index contributed by atoms with van der Waals surface area (Å²) in [5, 5.41) is 3.65. The quantitative estimate of drug-likeness (QED) is 0.787. The van der Waals surface area contributed by atoms with Crippen LogP contribution >= 0.6 is 0 Å². The van der Waals surface area contributed by atoms with E-state index < -0.39 is 0 Å². The van der Waals surface area contributed by atoms with E-state index >= 15 is 0 Å². The maximum atomic E-state index is 4.41. The van der Waals surface area contributed by atoms with Gasteiger partial charge in [0.2, 0.25) is 0 Å². The normalized spacial score (nSPS) is 19.2. The van der Waals surface area contributed by atoms with Crippen LogP contribution in [0.3, 0.4) is 0 Å². The van der Waals surface area contributed by atoms with E-state index in [-0.39, 0.29) is 0 Å². The molecule has 17 heavy (non-hydrogen) atoms. The van der Waals surface area contributed by atoms with Gasteiger partial charge in [-0.15, -0.1) is 0 Å². The topological polar surface area (TPSA) is 29.9 Å². The molecule has 1 aliphatic carbocycles. The molecule has 1 fully saturated rings. The van der Waals surface area contributed by atoms with E-state index in [9.17, 15) is 0 Å². The van der Waals surface area contributed by atoms with Crippen LogP contribution in [0.5, 0.6) is 0 Å². The zero-order valence-corrected chi connectivity index (χ0v) is 11.4. The van der Waals surface area contributed by atoms with Gasteiger partial charge in [0.05, 0.1) is 0 Å². The first kappa shape index (κ1) is 12.6. The smallest absolute Gasteiger partial charge is 0.108 e. The fourth-order valence-electron chi connectivity index (χ4n) is 2.64. The van der Waals surface area contributed by atoms with Crippen LogP contribution in [0.1, 0.15) is 45.4 Å². The molecule has 2 rings (SSSR count). The second-order valence-corrected chi connectivity index (χ2v) is 5.49. The first-order valence-electron chi connectivity index (χ1n) is 6.87. The van der Waals surface area contributed by atoms with Gasteiger partial charge >= 0.3 is 0 Å². The van der Waals surface area contributed by atoms with Gasteiger partial charge in [-0.3, -0.25) is 0 Å². The summed E-state index contributed by atoms with van der Waals surface area (Å²) in [5.74, 6) is 1.22. The second kappa shape index (κ2) is 5.21. The Morgan fingerprint density at radius 3 is 2.82 bits per heavy atom. The third-order valence-electron chi connectivity index (χ3n) is 4.28. The van der Waals surface area contributed by atoms with Gasteiger partial charge in [-0.25, -0.2) is 4.98 Å². The molecular weight excluding hydrogens is 210 g/mol. The highest BCUT2D eigenvalue weighted by atomic mass is 15.0. The number of aryl methyl sites for hydroxylation is 2. The van der Waals surface area contributed by atoms with Crippen molar-refractivity contribution in [1.82, 2.24) is 14.9 Å². The minimum atomic E-state index is 0.557. The van der Waals surface area contributed by atoms with Crippen LogP contribution in [-0.2, 0) is 13.5 Å². The van der Waals surface area contributed by atoms with E-state index in [1.165, 1.54) is 31.5 Å². The van der Waals surface area contributed by atoms with Crippen molar-refractivity contribution in [3.05, 3.63) is 18.2 Å².